The highest BCUT2D eigenvalue weighted by Crippen LogP contribution is 2.10. The smallest absolute Gasteiger partial charge is 0.306 e. The van der Waals surface area contributed by atoms with E-state index in [2.05, 4.69) is 9.84 Å². The molecule has 1 aromatic heterocycles. The summed E-state index contributed by atoms with van der Waals surface area (Å²) in [6.45, 7) is 4.03. The minimum absolute atomic E-state index is 0.132. The van der Waals surface area contributed by atoms with Crippen molar-refractivity contribution in [2.75, 3.05) is 12.9 Å². The maximum Gasteiger partial charge on any atom is 0.306 e. The number of methoxy groups -OCH3 is 1. The molecule has 0 aromatic carbocycles. The minimum Gasteiger partial charge on any atom is -0.469 e. The highest BCUT2D eigenvalue weighted by atomic mass is 32.2. The lowest BCUT2D eigenvalue weighted by molar-refractivity contribution is -0.140. The predicted octanol–water partition coefficient (Wildman–Crippen LogP) is -0.549. The number of sulfone groups is 1. The molecule has 8 heteroatoms. The van der Waals surface area contributed by atoms with Gasteiger partial charge in [-0.2, -0.15) is 5.10 Å². The van der Waals surface area contributed by atoms with E-state index in [1.165, 1.54) is 18.0 Å². The van der Waals surface area contributed by atoms with Gasteiger partial charge in [0.25, 0.3) is 0 Å². The summed E-state index contributed by atoms with van der Waals surface area (Å²) in [5.74, 6) is -0.759. The summed E-state index contributed by atoms with van der Waals surface area (Å²) in [4.78, 5) is 11.3. The van der Waals surface area contributed by atoms with E-state index in [1.54, 1.807) is 7.05 Å². The standard InChI is InChI=1S/C10H18N2O4SSi/c1-12-7-8(10(11-12)18(3)4)17(14,15)6-5-9(13)16-2/h7,18H,5-6H2,1-4H3. The zero-order valence-corrected chi connectivity index (χ0v) is 13.0. The minimum atomic E-state index is -3.47. The van der Waals surface area contributed by atoms with Gasteiger partial charge in [-0.25, -0.2) is 8.42 Å². The molecule has 1 aromatic rings. The number of aryl methyl sites for hydroxylation is 1. The number of nitrogens with zero attached hydrogens (tertiary/aromatic N) is 2. The molecule has 0 radical (unpaired) electrons. The van der Waals surface area contributed by atoms with Gasteiger partial charge < -0.3 is 4.74 Å². The first-order chi connectivity index (χ1) is 8.27. The molecule has 0 bridgehead atoms. The average Bonchev–Trinajstić information content (AvgIpc) is 2.69. The van der Waals surface area contributed by atoms with E-state index < -0.39 is 24.6 Å². The van der Waals surface area contributed by atoms with Crippen molar-refractivity contribution in [2.24, 2.45) is 7.05 Å². The predicted molar refractivity (Wildman–Crippen MR) is 70.4 cm³/mol. The van der Waals surface area contributed by atoms with Gasteiger partial charge in [-0.15, -0.1) is 0 Å². The molecule has 18 heavy (non-hydrogen) atoms. The monoisotopic (exact) mass is 290 g/mol. The summed E-state index contributed by atoms with van der Waals surface area (Å²) in [7, 11) is -1.87. The van der Waals surface area contributed by atoms with Crippen LogP contribution >= 0.6 is 0 Å². The zero-order chi connectivity index (χ0) is 13.9. The van der Waals surface area contributed by atoms with Crippen molar-refractivity contribution in [1.29, 1.82) is 0 Å². The van der Waals surface area contributed by atoms with Crippen LogP contribution in [0.2, 0.25) is 13.1 Å². The first-order valence-electron chi connectivity index (χ1n) is 5.61. The normalized spacial score (nSPS) is 11.8. The van der Waals surface area contributed by atoms with Crippen LogP contribution in [-0.4, -0.2) is 45.8 Å². The molecular weight excluding hydrogens is 272 g/mol. The van der Waals surface area contributed by atoms with Crippen molar-refractivity contribution in [3.05, 3.63) is 6.20 Å². The molecular formula is C10H18N2O4SSi. The molecule has 0 spiro atoms. The van der Waals surface area contributed by atoms with Crippen molar-refractivity contribution in [1.82, 2.24) is 9.78 Å². The first-order valence-corrected chi connectivity index (χ1v) is 10.1. The fourth-order valence-electron chi connectivity index (χ4n) is 1.55. The van der Waals surface area contributed by atoms with Gasteiger partial charge in [0.05, 0.1) is 33.4 Å². The van der Waals surface area contributed by atoms with Gasteiger partial charge >= 0.3 is 5.97 Å². The van der Waals surface area contributed by atoms with E-state index in [-0.39, 0.29) is 17.1 Å². The zero-order valence-electron chi connectivity index (χ0n) is 11.0. The maximum atomic E-state index is 12.2. The number of hydrogen-bond acceptors (Lipinski definition) is 5. The van der Waals surface area contributed by atoms with Gasteiger partial charge in [0, 0.05) is 13.2 Å². The molecule has 0 aliphatic heterocycles. The molecule has 0 N–H and O–H groups in total. The van der Waals surface area contributed by atoms with E-state index in [0.29, 0.717) is 5.32 Å². The lowest BCUT2D eigenvalue weighted by atomic mass is 10.5. The Balaban J connectivity index is 3.01. The molecule has 0 fully saturated rings. The molecule has 0 unspecified atom stereocenters. The van der Waals surface area contributed by atoms with Crippen molar-refractivity contribution < 1.29 is 17.9 Å². The molecule has 102 valence electrons. The number of ether oxygens (including phenoxy) is 1. The molecule has 1 heterocycles. The fraction of sp³-hybridized carbons (Fsp3) is 0.600. The van der Waals surface area contributed by atoms with E-state index >= 15 is 0 Å². The molecule has 0 aliphatic rings. The number of hydrogen-bond donors (Lipinski definition) is 0. The third-order valence-electron chi connectivity index (χ3n) is 2.51. The number of aromatic nitrogens is 2. The highest BCUT2D eigenvalue weighted by Gasteiger charge is 2.24. The van der Waals surface area contributed by atoms with Crippen LogP contribution in [-0.2, 0) is 26.4 Å². The highest BCUT2D eigenvalue weighted by molar-refractivity contribution is 7.91. The van der Waals surface area contributed by atoms with Crippen molar-refractivity contribution in [3.63, 3.8) is 0 Å². The summed E-state index contributed by atoms with van der Waals surface area (Å²) in [5, 5.41) is 4.88. The van der Waals surface area contributed by atoms with Gasteiger partial charge in [-0.3, -0.25) is 9.48 Å². The van der Waals surface area contributed by atoms with Gasteiger partial charge in [-0.1, -0.05) is 13.1 Å². The number of esters is 1. The Bertz CT molecular complexity index is 536. The van der Waals surface area contributed by atoms with E-state index in [0.717, 1.165) is 0 Å². The van der Waals surface area contributed by atoms with Crippen molar-refractivity contribution >= 4 is 29.9 Å². The first kappa shape index (κ1) is 14.9. The summed E-state index contributed by atoms with van der Waals surface area (Å²) >= 11 is 0. The Labute approximate surface area is 108 Å². The van der Waals surface area contributed by atoms with Gasteiger partial charge in [-0.05, 0) is 0 Å². The molecule has 0 atom stereocenters. The lowest BCUT2D eigenvalue weighted by Crippen LogP contribution is -2.30. The summed E-state index contributed by atoms with van der Waals surface area (Å²) in [6, 6.07) is 0. The van der Waals surface area contributed by atoms with Crippen LogP contribution in [0.1, 0.15) is 6.42 Å². The number of carbonyl (C=O) groups excluding carboxylic acids is 1. The van der Waals surface area contributed by atoms with Crippen LogP contribution in [0.4, 0.5) is 0 Å². The van der Waals surface area contributed by atoms with Gasteiger partial charge in [0.1, 0.15) is 4.90 Å². The molecule has 0 amide bonds. The maximum absolute atomic E-state index is 12.2. The van der Waals surface area contributed by atoms with Crippen LogP contribution < -0.4 is 5.32 Å². The SMILES string of the molecule is COC(=O)CCS(=O)(=O)c1cn(C)nc1[SiH](C)C. The third-order valence-corrected chi connectivity index (χ3v) is 5.96. The second-order valence-corrected chi connectivity index (χ2v) is 9.29. The molecule has 6 nitrogen and oxygen atoms in total. The summed E-state index contributed by atoms with van der Waals surface area (Å²) < 4.78 is 30.3. The molecule has 0 aliphatic carbocycles. The second-order valence-electron chi connectivity index (χ2n) is 4.35. The van der Waals surface area contributed by atoms with Crippen LogP contribution in [0, 0.1) is 0 Å². The third kappa shape index (κ3) is 3.42. The van der Waals surface area contributed by atoms with Crippen LogP contribution in [0.25, 0.3) is 0 Å². The largest absolute Gasteiger partial charge is 0.469 e. The molecule has 1 rings (SSSR count). The van der Waals surface area contributed by atoms with Gasteiger partial charge in [0.2, 0.25) is 0 Å². The van der Waals surface area contributed by atoms with Crippen LogP contribution in [0.5, 0.6) is 0 Å². The Kier molecular flexibility index (Phi) is 4.69. The topological polar surface area (TPSA) is 78.3 Å². The number of rotatable bonds is 5. The van der Waals surface area contributed by atoms with Crippen LogP contribution in [0.3, 0.4) is 0 Å². The van der Waals surface area contributed by atoms with E-state index in [9.17, 15) is 13.2 Å². The van der Waals surface area contributed by atoms with E-state index in [4.69, 9.17) is 0 Å². The fourth-order valence-corrected chi connectivity index (χ4v) is 5.18. The summed E-state index contributed by atoms with van der Waals surface area (Å²) in [5.41, 5.74) is 0. The Hall–Kier alpha value is -1.15. The Morgan fingerprint density at radius 2 is 2.11 bits per heavy atom. The summed E-state index contributed by atoms with van der Waals surface area (Å²) in [6.07, 6.45) is 1.38. The van der Waals surface area contributed by atoms with Crippen molar-refractivity contribution in [2.45, 2.75) is 24.4 Å². The van der Waals surface area contributed by atoms with Gasteiger partial charge in [0.15, 0.2) is 9.84 Å². The average molecular weight is 290 g/mol. The Morgan fingerprint density at radius 1 is 1.50 bits per heavy atom. The molecule has 0 saturated heterocycles. The van der Waals surface area contributed by atoms with Crippen LogP contribution in [0.15, 0.2) is 11.1 Å². The Morgan fingerprint density at radius 3 is 2.61 bits per heavy atom. The quantitative estimate of drug-likeness (QED) is 0.537. The second kappa shape index (κ2) is 5.66. The number of carbonyl (C=O) groups is 1. The molecule has 0 saturated carbocycles. The lowest BCUT2D eigenvalue weighted by Gasteiger charge is -2.05. The van der Waals surface area contributed by atoms with E-state index in [1.807, 2.05) is 13.1 Å². The van der Waals surface area contributed by atoms with Crippen molar-refractivity contribution in [3.8, 4) is 0 Å².